The van der Waals surface area contributed by atoms with Crippen molar-refractivity contribution in [1.82, 2.24) is 9.97 Å². The molecule has 0 aliphatic carbocycles. The molecule has 0 spiro atoms. The minimum atomic E-state index is 0.749. The zero-order valence-corrected chi connectivity index (χ0v) is 7.46. The van der Waals surface area contributed by atoms with Gasteiger partial charge < -0.3 is 16.0 Å². The van der Waals surface area contributed by atoms with E-state index in [1.807, 2.05) is 25.1 Å². The third kappa shape index (κ3) is 1.42. The van der Waals surface area contributed by atoms with Crippen LogP contribution < -0.4 is 11.1 Å². The largest absolute Gasteiger partial charge is 0.399 e. The molecule has 2 aromatic rings. The number of rotatable bonds is 2. The number of nitrogens with two attached hydrogens (primary N) is 1. The predicted molar refractivity (Wildman–Crippen MR) is 54.7 cm³/mol. The molecule has 2 rings (SSSR count). The van der Waals surface area contributed by atoms with Crippen LogP contribution in [0.4, 0.5) is 11.6 Å². The van der Waals surface area contributed by atoms with Crippen LogP contribution in [0.15, 0.2) is 18.2 Å². The van der Waals surface area contributed by atoms with E-state index >= 15 is 0 Å². The number of imidazole rings is 1. The highest BCUT2D eigenvalue weighted by Crippen LogP contribution is 2.16. The molecule has 4 nitrogen and oxygen atoms in total. The van der Waals surface area contributed by atoms with Gasteiger partial charge in [-0.25, -0.2) is 4.98 Å². The maximum absolute atomic E-state index is 5.64. The number of aromatic nitrogens is 2. The highest BCUT2D eigenvalue weighted by molar-refractivity contribution is 5.80. The molecular formula is C9H12N4. The highest BCUT2D eigenvalue weighted by atomic mass is 15.1. The lowest BCUT2D eigenvalue weighted by molar-refractivity contribution is 1.14. The molecule has 1 aromatic carbocycles. The summed E-state index contributed by atoms with van der Waals surface area (Å²) in [6.07, 6.45) is 0. The smallest absolute Gasteiger partial charge is 0.201 e. The molecule has 0 aliphatic heterocycles. The molecular weight excluding hydrogens is 164 g/mol. The molecule has 0 saturated carbocycles. The lowest BCUT2D eigenvalue weighted by Gasteiger charge is -1.93. The van der Waals surface area contributed by atoms with E-state index in [4.69, 9.17) is 5.73 Å². The Morgan fingerprint density at radius 3 is 3.15 bits per heavy atom. The van der Waals surface area contributed by atoms with E-state index in [1.165, 1.54) is 0 Å². The van der Waals surface area contributed by atoms with Gasteiger partial charge in [0.15, 0.2) is 0 Å². The first kappa shape index (κ1) is 7.91. The fourth-order valence-electron chi connectivity index (χ4n) is 1.28. The van der Waals surface area contributed by atoms with Crippen molar-refractivity contribution in [3.8, 4) is 0 Å². The second-order valence-electron chi connectivity index (χ2n) is 2.89. The summed E-state index contributed by atoms with van der Waals surface area (Å²) in [6.45, 7) is 2.89. The topological polar surface area (TPSA) is 66.7 Å². The van der Waals surface area contributed by atoms with Crippen LogP contribution in [-0.2, 0) is 0 Å². The third-order valence-electron chi connectivity index (χ3n) is 1.85. The van der Waals surface area contributed by atoms with E-state index in [9.17, 15) is 0 Å². The van der Waals surface area contributed by atoms with E-state index in [-0.39, 0.29) is 0 Å². The molecule has 1 heterocycles. The summed E-state index contributed by atoms with van der Waals surface area (Å²) in [5, 5.41) is 3.11. The normalized spacial score (nSPS) is 10.5. The summed E-state index contributed by atoms with van der Waals surface area (Å²) in [5.74, 6) is 0.795. The number of H-pyrrole nitrogens is 1. The molecule has 0 saturated heterocycles. The van der Waals surface area contributed by atoms with E-state index in [0.29, 0.717) is 0 Å². The second kappa shape index (κ2) is 2.97. The average molecular weight is 176 g/mol. The second-order valence-corrected chi connectivity index (χ2v) is 2.89. The Bertz CT molecular complexity index is 418. The van der Waals surface area contributed by atoms with Crippen molar-refractivity contribution in [3.63, 3.8) is 0 Å². The van der Waals surface area contributed by atoms with Crippen LogP contribution in [0.25, 0.3) is 11.0 Å². The van der Waals surface area contributed by atoms with Crippen LogP contribution in [0.1, 0.15) is 6.92 Å². The van der Waals surface area contributed by atoms with E-state index in [1.54, 1.807) is 0 Å². The summed E-state index contributed by atoms with van der Waals surface area (Å²) < 4.78 is 0. The number of nitrogen functional groups attached to an aromatic ring is 1. The van der Waals surface area contributed by atoms with Crippen molar-refractivity contribution in [2.24, 2.45) is 0 Å². The quantitative estimate of drug-likeness (QED) is 0.608. The Balaban J connectivity index is 2.49. The van der Waals surface area contributed by atoms with E-state index < -0.39 is 0 Å². The third-order valence-corrected chi connectivity index (χ3v) is 1.85. The number of hydrogen-bond acceptors (Lipinski definition) is 3. The monoisotopic (exact) mass is 176 g/mol. The van der Waals surface area contributed by atoms with Crippen LogP contribution in [0.2, 0.25) is 0 Å². The molecule has 1 aromatic heterocycles. The van der Waals surface area contributed by atoms with Crippen LogP contribution in [0, 0.1) is 0 Å². The molecule has 13 heavy (non-hydrogen) atoms. The van der Waals surface area contributed by atoms with Crippen molar-refractivity contribution < 1.29 is 0 Å². The predicted octanol–water partition coefficient (Wildman–Crippen LogP) is 1.58. The Kier molecular flexibility index (Phi) is 1.81. The number of fused-ring (bicyclic) bond motifs is 1. The molecule has 0 amide bonds. The van der Waals surface area contributed by atoms with Crippen molar-refractivity contribution >= 4 is 22.7 Å². The zero-order chi connectivity index (χ0) is 9.26. The molecule has 4 N–H and O–H groups in total. The van der Waals surface area contributed by atoms with E-state index in [2.05, 4.69) is 15.3 Å². The fraction of sp³-hybridized carbons (Fsp3) is 0.222. The van der Waals surface area contributed by atoms with Crippen LogP contribution in [-0.4, -0.2) is 16.5 Å². The van der Waals surface area contributed by atoms with Gasteiger partial charge in [-0.1, -0.05) is 0 Å². The first-order valence-corrected chi connectivity index (χ1v) is 4.28. The van der Waals surface area contributed by atoms with Gasteiger partial charge in [0.05, 0.1) is 11.0 Å². The number of benzene rings is 1. The lowest BCUT2D eigenvalue weighted by Crippen LogP contribution is -1.97. The summed E-state index contributed by atoms with van der Waals surface area (Å²) in [6, 6.07) is 5.63. The Morgan fingerprint density at radius 2 is 2.38 bits per heavy atom. The molecule has 0 unspecified atom stereocenters. The maximum atomic E-state index is 5.64. The number of anilines is 2. The van der Waals surface area contributed by atoms with Gasteiger partial charge in [0.2, 0.25) is 5.95 Å². The number of nitrogens with zero attached hydrogens (tertiary/aromatic N) is 1. The average Bonchev–Trinajstić information content (AvgIpc) is 2.46. The first-order chi connectivity index (χ1) is 6.29. The number of hydrogen-bond donors (Lipinski definition) is 3. The number of nitrogens with one attached hydrogen (secondary N) is 2. The van der Waals surface area contributed by atoms with Crippen molar-refractivity contribution in [1.29, 1.82) is 0 Å². The van der Waals surface area contributed by atoms with Gasteiger partial charge in [0.25, 0.3) is 0 Å². The van der Waals surface area contributed by atoms with Crippen molar-refractivity contribution in [2.45, 2.75) is 6.92 Å². The summed E-state index contributed by atoms with van der Waals surface area (Å²) in [4.78, 5) is 7.46. The van der Waals surface area contributed by atoms with Gasteiger partial charge >= 0.3 is 0 Å². The Labute approximate surface area is 76.2 Å². The van der Waals surface area contributed by atoms with Gasteiger partial charge in [-0.15, -0.1) is 0 Å². The molecule has 0 fully saturated rings. The Hall–Kier alpha value is -1.71. The van der Waals surface area contributed by atoms with Gasteiger partial charge in [-0.2, -0.15) is 0 Å². The molecule has 0 atom stereocenters. The lowest BCUT2D eigenvalue weighted by atomic mass is 10.3. The molecule has 68 valence electrons. The van der Waals surface area contributed by atoms with Crippen molar-refractivity contribution in [3.05, 3.63) is 18.2 Å². The fourth-order valence-corrected chi connectivity index (χ4v) is 1.28. The summed E-state index contributed by atoms with van der Waals surface area (Å²) in [7, 11) is 0. The SMILES string of the molecule is CCNc1nc2ccc(N)cc2[nH]1. The minimum absolute atomic E-state index is 0.749. The molecule has 0 aliphatic rings. The summed E-state index contributed by atoms with van der Waals surface area (Å²) in [5.41, 5.74) is 8.29. The highest BCUT2D eigenvalue weighted by Gasteiger charge is 2.00. The first-order valence-electron chi connectivity index (χ1n) is 4.28. The molecule has 0 radical (unpaired) electrons. The Morgan fingerprint density at radius 1 is 1.54 bits per heavy atom. The standard InChI is InChI=1S/C9H12N4/c1-2-11-9-12-7-4-3-6(10)5-8(7)13-9/h3-5H,2,10H2,1H3,(H2,11,12,13). The minimum Gasteiger partial charge on any atom is -0.399 e. The molecule has 0 bridgehead atoms. The maximum Gasteiger partial charge on any atom is 0.201 e. The molecule has 4 heteroatoms. The number of aromatic amines is 1. The van der Waals surface area contributed by atoms with Crippen LogP contribution in [0.5, 0.6) is 0 Å². The van der Waals surface area contributed by atoms with Gasteiger partial charge in [0, 0.05) is 12.2 Å². The van der Waals surface area contributed by atoms with Gasteiger partial charge in [0.1, 0.15) is 0 Å². The van der Waals surface area contributed by atoms with Crippen LogP contribution >= 0.6 is 0 Å². The van der Waals surface area contributed by atoms with Crippen molar-refractivity contribution in [2.75, 3.05) is 17.6 Å². The zero-order valence-electron chi connectivity index (χ0n) is 7.46. The van der Waals surface area contributed by atoms with E-state index in [0.717, 1.165) is 29.2 Å². The summed E-state index contributed by atoms with van der Waals surface area (Å²) >= 11 is 0. The van der Waals surface area contributed by atoms with Gasteiger partial charge in [-0.05, 0) is 25.1 Å². The van der Waals surface area contributed by atoms with Gasteiger partial charge in [-0.3, -0.25) is 0 Å². The van der Waals surface area contributed by atoms with Crippen LogP contribution in [0.3, 0.4) is 0 Å².